The molecule has 2 atom stereocenters. The number of rotatable bonds is 1. The first kappa shape index (κ1) is 13.2. The highest BCUT2D eigenvalue weighted by Crippen LogP contribution is 2.27. The molecule has 3 rings (SSSR count). The van der Waals surface area contributed by atoms with Crippen LogP contribution in [0.15, 0.2) is 24.3 Å². The lowest BCUT2D eigenvalue weighted by Gasteiger charge is -2.39. The summed E-state index contributed by atoms with van der Waals surface area (Å²) in [6.07, 6.45) is 1.49. The number of benzene rings is 1. The number of hydrogen-bond acceptors (Lipinski definition) is 3. The molecule has 1 N–H and O–H groups in total. The van der Waals surface area contributed by atoms with E-state index in [9.17, 15) is 14.0 Å². The predicted molar refractivity (Wildman–Crippen MR) is 71.9 cm³/mol. The van der Waals surface area contributed by atoms with E-state index in [0.29, 0.717) is 19.4 Å². The van der Waals surface area contributed by atoms with E-state index >= 15 is 0 Å². The third-order valence-corrected chi connectivity index (χ3v) is 4.09. The van der Waals surface area contributed by atoms with Crippen molar-refractivity contribution < 1.29 is 14.0 Å². The molecule has 1 amide bonds. The van der Waals surface area contributed by atoms with Crippen LogP contribution in [0.3, 0.4) is 0 Å². The Bertz CT molecular complexity index is 528. The van der Waals surface area contributed by atoms with Gasteiger partial charge in [-0.05, 0) is 25.1 Å². The number of nitrogens with one attached hydrogen (secondary N) is 1. The fourth-order valence-electron chi connectivity index (χ4n) is 3.16. The van der Waals surface area contributed by atoms with Crippen molar-refractivity contribution in [2.24, 2.45) is 0 Å². The van der Waals surface area contributed by atoms with Gasteiger partial charge in [-0.3, -0.25) is 9.59 Å². The normalized spacial score (nSPS) is 26.2. The van der Waals surface area contributed by atoms with Crippen LogP contribution in [0.2, 0.25) is 0 Å². The summed E-state index contributed by atoms with van der Waals surface area (Å²) in [5.41, 5.74) is 0.0961. The van der Waals surface area contributed by atoms with E-state index in [2.05, 4.69) is 5.32 Å². The average Bonchev–Trinajstić information content (AvgIpc) is 2.55. The van der Waals surface area contributed by atoms with Gasteiger partial charge in [0, 0.05) is 25.4 Å². The molecule has 1 aromatic carbocycles. The first-order chi connectivity index (χ1) is 9.66. The Hall–Kier alpha value is -1.75. The van der Waals surface area contributed by atoms with E-state index in [1.165, 1.54) is 12.1 Å². The van der Waals surface area contributed by atoms with Gasteiger partial charge in [-0.15, -0.1) is 0 Å². The topological polar surface area (TPSA) is 49.4 Å². The second kappa shape index (κ2) is 5.32. The highest BCUT2D eigenvalue weighted by Gasteiger charge is 2.39. The van der Waals surface area contributed by atoms with E-state index in [4.69, 9.17) is 0 Å². The first-order valence-electron chi connectivity index (χ1n) is 6.96. The molecule has 2 bridgehead atoms. The van der Waals surface area contributed by atoms with Crippen LogP contribution in [-0.2, 0) is 4.79 Å². The Morgan fingerprint density at radius 1 is 1.25 bits per heavy atom. The van der Waals surface area contributed by atoms with Gasteiger partial charge in [-0.25, -0.2) is 4.39 Å². The summed E-state index contributed by atoms with van der Waals surface area (Å²) in [4.78, 5) is 26.1. The lowest BCUT2D eigenvalue weighted by molar-refractivity contribution is -0.123. The number of carbonyl (C=O) groups is 2. The number of Topliss-reactive ketones (excluding diaryl/α,β-unsaturated/α-hetero) is 1. The summed E-state index contributed by atoms with van der Waals surface area (Å²) >= 11 is 0. The summed E-state index contributed by atoms with van der Waals surface area (Å²) in [6.45, 7) is 1.39. The summed E-state index contributed by atoms with van der Waals surface area (Å²) in [7, 11) is 0. The zero-order chi connectivity index (χ0) is 14.1. The van der Waals surface area contributed by atoms with Crippen molar-refractivity contribution in [1.82, 2.24) is 10.2 Å². The van der Waals surface area contributed by atoms with Gasteiger partial charge in [0.25, 0.3) is 5.91 Å². The Morgan fingerprint density at radius 3 is 2.80 bits per heavy atom. The van der Waals surface area contributed by atoms with Crippen LogP contribution in [0, 0.1) is 5.82 Å². The second-order valence-electron chi connectivity index (χ2n) is 5.44. The standard InChI is InChI=1S/C15H17FN2O2/c16-14-4-2-1-3-13(14)15(20)18-10-5-6-17-9-11(18)8-12(19)7-10/h1-4,10-11,17H,5-9H2. The van der Waals surface area contributed by atoms with Crippen molar-refractivity contribution in [1.29, 1.82) is 0 Å². The van der Waals surface area contributed by atoms with E-state index in [1.54, 1.807) is 17.0 Å². The van der Waals surface area contributed by atoms with Crippen LogP contribution in [0.1, 0.15) is 29.6 Å². The fraction of sp³-hybridized carbons (Fsp3) is 0.467. The molecule has 0 aliphatic carbocycles. The highest BCUT2D eigenvalue weighted by molar-refractivity contribution is 5.96. The number of nitrogens with zero attached hydrogens (tertiary/aromatic N) is 1. The fourth-order valence-corrected chi connectivity index (χ4v) is 3.16. The monoisotopic (exact) mass is 276 g/mol. The lowest BCUT2D eigenvalue weighted by atomic mass is 9.92. The maximum absolute atomic E-state index is 13.8. The Balaban J connectivity index is 1.93. The van der Waals surface area contributed by atoms with Gasteiger partial charge < -0.3 is 10.2 Å². The van der Waals surface area contributed by atoms with E-state index < -0.39 is 5.82 Å². The maximum atomic E-state index is 13.8. The number of fused-ring (bicyclic) bond motifs is 2. The molecular weight excluding hydrogens is 259 g/mol. The SMILES string of the molecule is O=C1CC2CCNCC(C1)N2C(=O)c1ccccc1F. The van der Waals surface area contributed by atoms with Crippen LogP contribution >= 0.6 is 0 Å². The number of halogens is 1. The zero-order valence-corrected chi connectivity index (χ0v) is 11.1. The Kier molecular flexibility index (Phi) is 3.53. The van der Waals surface area contributed by atoms with Gasteiger partial charge in [0.15, 0.2) is 0 Å². The maximum Gasteiger partial charge on any atom is 0.257 e. The van der Waals surface area contributed by atoms with E-state index in [0.717, 1.165) is 13.0 Å². The number of piperidine rings is 1. The zero-order valence-electron chi connectivity index (χ0n) is 11.1. The van der Waals surface area contributed by atoms with Gasteiger partial charge in [0.2, 0.25) is 0 Å². The third kappa shape index (κ3) is 2.33. The van der Waals surface area contributed by atoms with Gasteiger partial charge in [0.1, 0.15) is 11.6 Å². The molecule has 20 heavy (non-hydrogen) atoms. The van der Waals surface area contributed by atoms with Crippen LogP contribution in [0.25, 0.3) is 0 Å². The molecular formula is C15H17FN2O2. The number of ketones is 1. The molecule has 2 aliphatic heterocycles. The van der Waals surface area contributed by atoms with Crippen LogP contribution < -0.4 is 5.32 Å². The van der Waals surface area contributed by atoms with Gasteiger partial charge in [0.05, 0.1) is 11.6 Å². The minimum Gasteiger partial charge on any atom is -0.330 e. The molecule has 0 aromatic heterocycles. The molecule has 106 valence electrons. The number of carbonyl (C=O) groups excluding carboxylic acids is 2. The minimum absolute atomic E-state index is 0.0961. The molecule has 5 heteroatoms. The molecule has 2 saturated heterocycles. The lowest BCUT2D eigenvalue weighted by Crippen LogP contribution is -2.53. The van der Waals surface area contributed by atoms with Crippen molar-refractivity contribution in [2.45, 2.75) is 31.3 Å². The molecule has 4 nitrogen and oxygen atoms in total. The summed E-state index contributed by atoms with van der Waals surface area (Å²) in [6, 6.07) is 5.77. The summed E-state index contributed by atoms with van der Waals surface area (Å²) in [5.74, 6) is -0.602. The van der Waals surface area contributed by atoms with E-state index in [1.807, 2.05) is 0 Å². The Labute approximate surface area is 117 Å². The van der Waals surface area contributed by atoms with Gasteiger partial charge in [-0.1, -0.05) is 12.1 Å². The van der Waals surface area contributed by atoms with Crippen LogP contribution in [0.4, 0.5) is 4.39 Å². The predicted octanol–water partition coefficient (Wildman–Crippen LogP) is 1.36. The molecule has 2 heterocycles. The minimum atomic E-state index is -0.501. The molecule has 2 unspecified atom stereocenters. The van der Waals surface area contributed by atoms with Crippen molar-refractivity contribution in [3.05, 3.63) is 35.6 Å². The highest BCUT2D eigenvalue weighted by atomic mass is 19.1. The van der Waals surface area contributed by atoms with Crippen molar-refractivity contribution in [2.75, 3.05) is 13.1 Å². The third-order valence-electron chi connectivity index (χ3n) is 4.09. The van der Waals surface area contributed by atoms with Crippen molar-refractivity contribution in [3.63, 3.8) is 0 Å². The molecule has 1 aromatic rings. The van der Waals surface area contributed by atoms with Crippen LogP contribution in [-0.4, -0.2) is 41.8 Å². The average molecular weight is 276 g/mol. The number of hydrogen-bond donors (Lipinski definition) is 1. The van der Waals surface area contributed by atoms with Gasteiger partial charge in [-0.2, -0.15) is 0 Å². The first-order valence-corrected chi connectivity index (χ1v) is 6.96. The largest absolute Gasteiger partial charge is 0.330 e. The smallest absolute Gasteiger partial charge is 0.257 e. The molecule has 0 radical (unpaired) electrons. The molecule has 0 saturated carbocycles. The summed E-state index contributed by atoms with van der Waals surface area (Å²) < 4.78 is 13.8. The second-order valence-corrected chi connectivity index (χ2v) is 5.44. The number of amides is 1. The molecule has 0 spiro atoms. The molecule has 2 aliphatic rings. The van der Waals surface area contributed by atoms with Crippen molar-refractivity contribution >= 4 is 11.7 Å². The van der Waals surface area contributed by atoms with Crippen molar-refractivity contribution in [3.8, 4) is 0 Å². The summed E-state index contributed by atoms with van der Waals surface area (Å²) in [5, 5.41) is 3.25. The molecule has 2 fully saturated rings. The Morgan fingerprint density at radius 2 is 2.00 bits per heavy atom. The van der Waals surface area contributed by atoms with E-state index in [-0.39, 0.29) is 29.3 Å². The van der Waals surface area contributed by atoms with Gasteiger partial charge >= 0.3 is 0 Å². The van der Waals surface area contributed by atoms with Crippen LogP contribution in [0.5, 0.6) is 0 Å². The quantitative estimate of drug-likeness (QED) is 0.842.